The summed E-state index contributed by atoms with van der Waals surface area (Å²) in [6.45, 7) is 6.25. The van der Waals surface area contributed by atoms with Crippen molar-refractivity contribution in [2.24, 2.45) is 5.84 Å². The van der Waals surface area contributed by atoms with Crippen LogP contribution in [0.15, 0.2) is 36.4 Å². The van der Waals surface area contributed by atoms with Gasteiger partial charge < -0.3 is 0 Å². The summed E-state index contributed by atoms with van der Waals surface area (Å²) in [5, 5.41) is 0.801. The molecule has 0 aliphatic heterocycles. The summed E-state index contributed by atoms with van der Waals surface area (Å²) in [7, 11) is 0. The molecule has 106 valence electrons. The van der Waals surface area contributed by atoms with E-state index in [0.29, 0.717) is 0 Å². The van der Waals surface area contributed by atoms with E-state index in [1.807, 2.05) is 13.0 Å². The van der Waals surface area contributed by atoms with Gasteiger partial charge in [-0.15, -0.1) is 0 Å². The van der Waals surface area contributed by atoms with Crippen LogP contribution in [-0.2, 0) is 6.42 Å². The van der Waals surface area contributed by atoms with E-state index >= 15 is 0 Å². The summed E-state index contributed by atoms with van der Waals surface area (Å²) in [6.07, 6.45) is 0.777. The highest BCUT2D eigenvalue weighted by Crippen LogP contribution is 2.26. The van der Waals surface area contributed by atoms with E-state index in [4.69, 9.17) is 17.4 Å². The Morgan fingerprint density at radius 1 is 1.05 bits per heavy atom. The highest BCUT2D eigenvalue weighted by atomic mass is 35.5. The monoisotopic (exact) mass is 288 g/mol. The molecule has 3 heteroatoms. The Kier molecular flexibility index (Phi) is 4.81. The van der Waals surface area contributed by atoms with Gasteiger partial charge in [0.1, 0.15) is 0 Å². The first-order valence-electron chi connectivity index (χ1n) is 6.79. The minimum Gasteiger partial charge on any atom is -0.271 e. The topological polar surface area (TPSA) is 38.0 Å². The zero-order chi connectivity index (χ0) is 14.7. The molecule has 0 saturated heterocycles. The van der Waals surface area contributed by atoms with Crippen molar-refractivity contribution in [3.05, 3.63) is 69.2 Å². The predicted molar refractivity (Wildman–Crippen MR) is 85.9 cm³/mol. The SMILES string of the molecule is Cc1ccc(C(Cc2ccc(C)cc2Cl)NN)c(C)c1. The van der Waals surface area contributed by atoms with Crippen LogP contribution in [-0.4, -0.2) is 0 Å². The van der Waals surface area contributed by atoms with Crippen LogP contribution >= 0.6 is 11.6 Å². The largest absolute Gasteiger partial charge is 0.271 e. The van der Waals surface area contributed by atoms with Crippen molar-refractivity contribution in [1.82, 2.24) is 5.43 Å². The number of aryl methyl sites for hydroxylation is 3. The summed E-state index contributed by atoms with van der Waals surface area (Å²) < 4.78 is 0. The number of halogens is 1. The van der Waals surface area contributed by atoms with Gasteiger partial charge in [-0.2, -0.15) is 0 Å². The number of hydrogen-bond donors (Lipinski definition) is 2. The zero-order valence-electron chi connectivity index (χ0n) is 12.2. The highest BCUT2D eigenvalue weighted by molar-refractivity contribution is 6.31. The van der Waals surface area contributed by atoms with Crippen molar-refractivity contribution < 1.29 is 0 Å². The van der Waals surface area contributed by atoms with Crippen molar-refractivity contribution >= 4 is 11.6 Å². The Bertz CT molecular complexity index is 608. The molecule has 0 spiro atoms. The quantitative estimate of drug-likeness (QED) is 0.659. The lowest BCUT2D eigenvalue weighted by Gasteiger charge is -2.20. The molecule has 0 bridgehead atoms. The van der Waals surface area contributed by atoms with Gasteiger partial charge in [0.25, 0.3) is 0 Å². The second kappa shape index (κ2) is 6.40. The molecule has 0 heterocycles. The van der Waals surface area contributed by atoms with Crippen molar-refractivity contribution in [2.75, 3.05) is 0 Å². The zero-order valence-corrected chi connectivity index (χ0v) is 13.0. The number of hydrazine groups is 1. The van der Waals surface area contributed by atoms with E-state index in [1.54, 1.807) is 0 Å². The molecular formula is C17H21ClN2. The molecule has 0 aliphatic rings. The summed E-state index contributed by atoms with van der Waals surface area (Å²) in [5.41, 5.74) is 8.91. The van der Waals surface area contributed by atoms with E-state index in [-0.39, 0.29) is 6.04 Å². The molecule has 1 atom stereocenters. The molecule has 1 unspecified atom stereocenters. The maximum atomic E-state index is 6.31. The average molecular weight is 289 g/mol. The molecule has 2 aromatic carbocycles. The lowest BCUT2D eigenvalue weighted by Crippen LogP contribution is -2.30. The lowest BCUT2D eigenvalue weighted by atomic mass is 9.94. The number of rotatable bonds is 4. The lowest BCUT2D eigenvalue weighted by molar-refractivity contribution is 0.549. The normalized spacial score (nSPS) is 12.4. The smallest absolute Gasteiger partial charge is 0.0503 e. The van der Waals surface area contributed by atoms with Crippen LogP contribution in [0.4, 0.5) is 0 Å². The molecule has 0 fully saturated rings. The Labute approximate surface area is 125 Å². The van der Waals surface area contributed by atoms with E-state index in [1.165, 1.54) is 22.3 Å². The molecule has 0 aromatic heterocycles. The molecule has 0 radical (unpaired) electrons. The molecule has 0 saturated carbocycles. The van der Waals surface area contributed by atoms with Crippen LogP contribution in [0.1, 0.15) is 33.9 Å². The third-order valence-electron chi connectivity index (χ3n) is 3.63. The first kappa shape index (κ1) is 15.0. The second-order valence-electron chi connectivity index (χ2n) is 5.38. The van der Waals surface area contributed by atoms with Gasteiger partial charge in [-0.3, -0.25) is 11.3 Å². The maximum absolute atomic E-state index is 6.31. The van der Waals surface area contributed by atoms with Crippen LogP contribution in [0.5, 0.6) is 0 Å². The third kappa shape index (κ3) is 3.40. The Morgan fingerprint density at radius 3 is 2.30 bits per heavy atom. The van der Waals surface area contributed by atoms with Gasteiger partial charge in [-0.25, -0.2) is 0 Å². The van der Waals surface area contributed by atoms with Crippen LogP contribution in [0.25, 0.3) is 0 Å². The first-order chi connectivity index (χ1) is 9.51. The molecule has 0 aliphatic carbocycles. The van der Waals surface area contributed by atoms with Crippen LogP contribution in [0, 0.1) is 20.8 Å². The van der Waals surface area contributed by atoms with E-state index in [0.717, 1.165) is 17.0 Å². The standard InChI is InChI=1S/C17H21ClN2/c1-11-5-7-15(13(3)8-11)17(20-19)10-14-6-4-12(2)9-16(14)18/h4-9,17,20H,10,19H2,1-3H3. The fourth-order valence-corrected chi connectivity index (χ4v) is 2.83. The van der Waals surface area contributed by atoms with Gasteiger partial charge in [-0.05, 0) is 55.5 Å². The summed E-state index contributed by atoms with van der Waals surface area (Å²) in [4.78, 5) is 0. The van der Waals surface area contributed by atoms with E-state index < -0.39 is 0 Å². The molecule has 20 heavy (non-hydrogen) atoms. The fourth-order valence-electron chi connectivity index (χ4n) is 2.51. The van der Waals surface area contributed by atoms with E-state index in [9.17, 15) is 0 Å². The second-order valence-corrected chi connectivity index (χ2v) is 5.79. The predicted octanol–water partition coefficient (Wildman–Crippen LogP) is 4.01. The Hall–Kier alpha value is -1.35. The van der Waals surface area contributed by atoms with Gasteiger partial charge in [0.15, 0.2) is 0 Å². The first-order valence-corrected chi connectivity index (χ1v) is 7.17. The number of nitrogens with two attached hydrogens (primary N) is 1. The minimum atomic E-state index is 0.0656. The maximum Gasteiger partial charge on any atom is 0.0503 e. The number of hydrogen-bond acceptors (Lipinski definition) is 2. The number of nitrogens with one attached hydrogen (secondary N) is 1. The Morgan fingerprint density at radius 2 is 1.70 bits per heavy atom. The molecule has 2 nitrogen and oxygen atoms in total. The average Bonchev–Trinajstić information content (AvgIpc) is 2.39. The van der Waals surface area contributed by atoms with Crippen LogP contribution in [0.2, 0.25) is 5.02 Å². The van der Waals surface area contributed by atoms with Crippen LogP contribution < -0.4 is 11.3 Å². The number of benzene rings is 2. The van der Waals surface area contributed by atoms with Gasteiger partial charge in [-0.1, -0.05) is 47.5 Å². The summed E-state index contributed by atoms with van der Waals surface area (Å²) in [5.74, 6) is 5.75. The summed E-state index contributed by atoms with van der Waals surface area (Å²) in [6, 6.07) is 12.6. The highest BCUT2D eigenvalue weighted by Gasteiger charge is 2.14. The van der Waals surface area contributed by atoms with Gasteiger partial charge >= 0.3 is 0 Å². The molecule has 0 amide bonds. The van der Waals surface area contributed by atoms with Crippen molar-refractivity contribution in [3.8, 4) is 0 Å². The van der Waals surface area contributed by atoms with E-state index in [2.05, 4.69) is 49.6 Å². The third-order valence-corrected chi connectivity index (χ3v) is 3.99. The van der Waals surface area contributed by atoms with Crippen molar-refractivity contribution in [3.63, 3.8) is 0 Å². The molecular weight excluding hydrogens is 268 g/mol. The molecule has 2 rings (SSSR count). The van der Waals surface area contributed by atoms with Gasteiger partial charge in [0.05, 0.1) is 6.04 Å². The fraction of sp³-hybridized carbons (Fsp3) is 0.294. The van der Waals surface area contributed by atoms with Gasteiger partial charge in [0, 0.05) is 5.02 Å². The molecule has 2 aromatic rings. The van der Waals surface area contributed by atoms with Crippen molar-refractivity contribution in [2.45, 2.75) is 33.2 Å². The van der Waals surface area contributed by atoms with Crippen LogP contribution in [0.3, 0.4) is 0 Å². The molecule has 3 N–H and O–H groups in total. The minimum absolute atomic E-state index is 0.0656. The Balaban J connectivity index is 2.28. The van der Waals surface area contributed by atoms with Crippen molar-refractivity contribution in [1.29, 1.82) is 0 Å². The van der Waals surface area contributed by atoms with Gasteiger partial charge in [0.2, 0.25) is 0 Å². The summed E-state index contributed by atoms with van der Waals surface area (Å²) >= 11 is 6.31.